The van der Waals surface area contributed by atoms with Crippen molar-refractivity contribution in [2.75, 3.05) is 6.61 Å². The van der Waals surface area contributed by atoms with Gasteiger partial charge in [0.25, 0.3) is 0 Å². The second-order valence-corrected chi connectivity index (χ2v) is 5.57. The van der Waals surface area contributed by atoms with E-state index in [-0.39, 0.29) is 30.2 Å². The Hall–Kier alpha value is -0.545. The fourth-order valence-corrected chi connectivity index (χ4v) is 2.05. The van der Waals surface area contributed by atoms with Crippen molar-refractivity contribution < 1.29 is 18.8 Å². The van der Waals surface area contributed by atoms with Gasteiger partial charge in [0, 0.05) is 0 Å². The minimum Gasteiger partial charge on any atom is -0.465 e. The lowest BCUT2D eigenvalue weighted by Gasteiger charge is -2.32. The van der Waals surface area contributed by atoms with E-state index in [0.717, 1.165) is 6.42 Å². The van der Waals surface area contributed by atoms with Gasteiger partial charge >= 0.3 is 13.1 Å². The van der Waals surface area contributed by atoms with Gasteiger partial charge in [0.15, 0.2) is 0 Å². The van der Waals surface area contributed by atoms with Crippen molar-refractivity contribution in [3.63, 3.8) is 0 Å². The van der Waals surface area contributed by atoms with E-state index in [0.29, 0.717) is 12.9 Å². The third kappa shape index (κ3) is 1.98. The first-order valence-electron chi connectivity index (χ1n) is 5.84. The predicted molar refractivity (Wildman–Crippen MR) is 60.0 cm³/mol. The molecule has 0 N–H and O–H groups in total. The Morgan fingerprint density at radius 1 is 1.25 bits per heavy atom. The summed E-state index contributed by atoms with van der Waals surface area (Å²) < 4.78 is 16.6. The fourth-order valence-electron chi connectivity index (χ4n) is 2.05. The van der Waals surface area contributed by atoms with Crippen LogP contribution < -0.4 is 0 Å². The lowest BCUT2D eigenvalue weighted by Crippen LogP contribution is -2.41. The van der Waals surface area contributed by atoms with Crippen LogP contribution in [0.5, 0.6) is 0 Å². The highest BCUT2D eigenvalue weighted by molar-refractivity contribution is 6.46. The van der Waals surface area contributed by atoms with Gasteiger partial charge in [0.1, 0.15) is 0 Å². The van der Waals surface area contributed by atoms with Crippen molar-refractivity contribution in [2.24, 2.45) is 5.92 Å². The molecule has 1 unspecified atom stereocenters. The quantitative estimate of drug-likeness (QED) is 0.530. The van der Waals surface area contributed by atoms with E-state index in [1.54, 1.807) is 0 Å². The Bertz CT molecular complexity index is 284. The summed E-state index contributed by atoms with van der Waals surface area (Å²) >= 11 is 0. The molecule has 0 aromatic heterocycles. The normalized spacial score (nSPS) is 31.9. The largest absolute Gasteiger partial charge is 0.465 e. The van der Waals surface area contributed by atoms with Gasteiger partial charge in [-0.3, -0.25) is 4.79 Å². The van der Waals surface area contributed by atoms with Crippen LogP contribution in [0, 0.1) is 5.92 Å². The molecule has 0 bridgehead atoms. The predicted octanol–water partition coefficient (Wildman–Crippen LogP) is 1.64. The molecular formula is C11H19BO4. The van der Waals surface area contributed by atoms with E-state index in [9.17, 15) is 4.79 Å². The molecule has 5 heteroatoms. The van der Waals surface area contributed by atoms with E-state index < -0.39 is 0 Å². The zero-order valence-electron chi connectivity index (χ0n) is 10.4. The molecule has 0 spiro atoms. The number of rotatable bonds is 2. The molecule has 0 amide bonds. The van der Waals surface area contributed by atoms with Crippen LogP contribution in [0.3, 0.4) is 0 Å². The molecule has 0 saturated carbocycles. The minimum absolute atomic E-state index is 0.0605. The van der Waals surface area contributed by atoms with Crippen molar-refractivity contribution >= 4 is 13.1 Å². The van der Waals surface area contributed by atoms with E-state index >= 15 is 0 Å². The minimum atomic E-state index is -0.319. The number of hydrogen-bond donors (Lipinski definition) is 0. The van der Waals surface area contributed by atoms with Crippen molar-refractivity contribution in [1.82, 2.24) is 0 Å². The summed E-state index contributed by atoms with van der Waals surface area (Å²) in [5, 5.41) is 0. The molecule has 0 aromatic rings. The van der Waals surface area contributed by atoms with Crippen LogP contribution in [0.2, 0.25) is 6.32 Å². The van der Waals surface area contributed by atoms with E-state index in [4.69, 9.17) is 14.0 Å². The van der Waals surface area contributed by atoms with Gasteiger partial charge in [0.05, 0.1) is 23.7 Å². The number of carbonyl (C=O) groups excluding carboxylic acids is 1. The number of ether oxygens (including phenoxy) is 1. The van der Waals surface area contributed by atoms with Crippen LogP contribution in [0.15, 0.2) is 0 Å². The van der Waals surface area contributed by atoms with Gasteiger partial charge in [-0.15, -0.1) is 0 Å². The van der Waals surface area contributed by atoms with Gasteiger partial charge in [0.2, 0.25) is 0 Å². The topological polar surface area (TPSA) is 44.8 Å². The second kappa shape index (κ2) is 3.74. The lowest BCUT2D eigenvalue weighted by atomic mass is 9.77. The van der Waals surface area contributed by atoms with Crippen LogP contribution in [-0.2, 0) is 18.8 Å². The van der Waals surface area contributed by atoms with Gasteiger partial charge < -0.3 is 14.0 Å². The Labute approximate surface area is 96.8 Å². The molecule has 16 heavy (non-hydrogen) atoms. The average Bonchev–Trinajstić information content (AvgIpc) is 2.57. The number of carbonyl (C=O) groups is 1. The first-order valence-corrected chi connectivity index (χ1v) is 5.84. The summed E-state index contributed by atoms with van der Waals surface area (Å²) in [5.74, 6) is -0.176. The maximum atomic E-state index is 11.4. The summed E-state index contributed by atoms with van der Waals surface area (Å²) in [6.07, 6.45) is 1.38. The third-order valence-corrected chi connectivity index (χ3v) is 3.82. The second-order valence-electron chi connectivity index (χ2n) is 5.57. The molecule has 2 aliphatic heterocycles. The maximum Gasteiger partial charge on any atom is 0.458 e. The summed E-state index contributed by atoms with van der Waals surface area (Å²) in [6.45, 7) is 8.59. The van der Waals surface area contributed by atoms with Crippen LogP contribution in [0.1, 0.15) is 34.1 Å². The SMILES string of the molecule is CC1(C)OB(CC2CCOC2=O)OC1(C)C. The smallest absolute Gasteiger partial charge is 0.458 e. The molecule has 90 valence electrons. The Morgan fingerprint density at radius 2 is 1.81 bits per heavy atom. The van der Waals surface area contributed by atoms with Crippen LogP contribution in [-0.4, -0.2) is 30.9 Å². The zero-order chi connectivity index (χ0) is 12.0. The number of cyclic esters (lactones) is 1. The lowest BCUT2D eigenvalue weighted by molar-refractivity contribution is -0.140. The number of hydrogen-bond acceptors (Lipinski definition) is 4. The van der Waals surface area contributed by atoms with Crippen LogP contribution in [0.4, 0.5) is 0 Å². The molecule has 2 saturated heterocycles. The molecule has 2 aliphatic rings. The third-order valence-electron chi connectivity index (χ3n) is 3.82. The standard InChI is InChI=1S/C11H19BO4/c1-10(2)11(3,4)16-12(15-10)7-8-5-6-14-9(8)13/h8H,5-7H2,1-4H3. The molecule has 4 nitrogen and oxygen atoms in total. The van der Waals surface area contributed by atoms with Crippen LogP contribution in [0.25, 0.3) is 0 Å². The molecule has 0 aromatic carbocycles. The summed E-state index contributed by atoms with van der Waals surface area (Å²) in [5.41, 5.74) is -0.639. The van der Waals surface area contributed by atoms with Gasteiger partial charge in [-0.05, 0) is 40.4 Å². The molecule has 2 fully saturated rings. The van der Waals surface area contributed by atoms with Crippen molar-refractivity contribution in [3.05, 3.63) is 0 Å². The Morgan fingerprint density at radius 3 is 2.25 bits per heavy atom. The Balaban J connectivity index is 1.96. The van der Waals surface area contributed by atoms with Gasteiger partial charge in [-0.1, -0.05) is 0 Å². The Kier molecular flexibility index (Phi) is 2.79. The highest BCUT2D eigenvalue weighted by Gasteiger charge is 2.52. The summed E-state index contributed by atoms with van der Waals surface area (Å²) in [4.78, 5) is 11.4. The molecule has 0 aliphatic carbocycles. The van der Waals surface area contributed by atoms with E-state index in [1.807, 2.05) is 27.7 Å². The molecular weight excluding hydrogens is 207 g/mol. The molecule has 2 heterocycles. The molecule has 1 atom stereocenters. The fraction of sp³-hybridized carbons (Fsp3) is 0.909. The first-order chi connectivity index (χ1) is 7.32. The van der Waals surface area contributed by atoms with Crippen molar-refractivity contribution in [2.45, 2.75) is 51.6 Å². The van der Waals surface area contributed by atoms with Crippen molar-refractivity contribution in [1.29, 1.82) is 0 Å². The molecule has 2 rings (SSSR count). The molecule has 0 radical (unpaired) electrons. The number of esters is 1. The monoisotopic (exact) mass is 226 g/mol. The van der Waals surface area contributed by atoms with E-state index in [1.165, 1.54) is 0 Å². The zero-order valence-corrected chi connectivity index (χ0v) is 10.4. The van der Waals surface area contributed by atoms with Crippen molar-refractivity contribution in [3.8, 4) is 0 Å². The van der Waals surface area contributed by atoms with E-state index in [2.05, 4.69) is 0 Å². The average molecular weight is 226 g/mol. The summed E-state index contributed by atoms with van der Waals surface area (Å²) in [6, 6.07) is 0. The van der Waals surface area contributed by atoms with Crippen LogP contribution >= 0.6 is 0 Å². The first kappa shape index (κ1) is 11.9. The maximum absolute atomic E-state index is 11.4. The highest BCUT2D eigenvalue weighted by atomic mass is 16.7. The highest BCUT2D eigenvalue weighted by Crippen LogP contribution is 2.39. The summed E-state index contributed by atoms with van der Waals surface area (Å²) in [7, 11) is -0.291. The van der Waals surface area contributed by atoms with Gasteiger partial charge in [-0.2, -0.15) is 0 Å². The van der Waals surface area contributed by atoms with Gasteiger partial charge in [-0.25, -0.2) is 0 Å².